The second kappa shape index (κ2) is 7.48. The number of amides is 3. The van der Waals surface area contributed by atoms with Gasteiger partial charge in [-0.05, 0) is 35.7 Å². The molecule has 3 aromatic carbocycles. The van der Waals surface area contributed by atoms with Crippen LogP contribution in [0.5, 0.6) is 0 Å². The van der Waals surface area contributed by atoms with Gasteiger partial charge in [0.25, 0.3) is 0 Å². The second-order valence-electron chi connectivity index (χ2n) is 5.69. The van der Waals surface area contributed by atoms with E-state index in [1.807, 2.05) is 36.4 Å². The molecule has 0 saturated carbocycles. The summed E-state index contributed by atoms with van der Waals surface area (Å²) in [5.41, 5.74) is 1.64. The van der Waals surface area contributed by atoms with Gasteiger partial charge in [0.2, 0.25) is 5.91 Å². The van der Waals surface area contributed by atoms with Gasteiger partial charge in [0, 0.05) is 29.4 Å². The van der Waals surface area contributed by atoms with Gasteiger partial charge in [-0.3, -0.25) is 14.4 Å². The van der Waals surface area contributed by atoms with E-state index in [1.54, 1.807) is 30.3 Å². The third-order valence-corrected chi connectivity index (χ3v) is 3.71. The normalized spacial score (nSPS) is 10.2. The molecular weight excluding hydrogens is 330 g/mol. The zero-order valence-electron chi connectivity index (χ0n) is 14.1. The first-order valence-electron chi connectivity index (χ1n) is 8.01. The van der Waals surface area contributed by atoms with Crippen LogP contribution in [0, 0.1) is 0 Å². The molecule has 3 amide bonds. The van der Waals surface area contributed by atoms with Crippen LogP contribution in [0.2, 0.25) is 0 Å². The van der Waals surface area contributed by atoms with Gasteiger partial charge < -0.3 is 16.0 Å². The Morgan fingerprint density at radius 2 is 1.23 bits per heavy atom. The van der Waals surface area contributed by atoms with E-state index in [0.29, 0.717) is 17.1 Å². The molecule has 0 aliphatic carbocycles. The third-order valence-electron chi connectivity index (χ3n) is 3.71. The van der Waals surface area contributed by atoms with Crippen molar-refractivity contribution in [2.24, 2.45) is 0 Å². The fourth-order valence-corrected chi connectivity index (χ4v) is 2.54. The van der Waals surface area contributed by atoms with Crippen LogP contribution in [0.4, 0.5) is 17.1 Å². The summed E-state index contributed by atoms with van der Waals surface area (Å²) in [5.74, 6) is -1.71. The van der Waals surface area contributed by atoms with Crippen LogP contribution in [0.15, 0.2) is 66.7 Å². The highest BCUT2D eigenvalue weighted by atomic mass is 16.2. The number of anilines is 3. The molecule has 0 spiro atoms. The zero-order chi connectivity index (χ0) is 18.5. The Kier molecular flexibility index (Phi) is 4.94. The van der Waals surface area contributed by atoms with Crippen molar-refractivity contribution in [2.45, 2.75) is 6.92 Å². The first-order chi connectivity index (χ1) is 12.5. The molecule has 0 aliphatic heterocycles. The van der Waals surface area contributed by atoms with Crippen LogP contribution in [-0.2, 0) is 14.4 Å². The number of carbonyl (C=O) groups is 3. The minimum atomic E-state index is -0.773. The minimum Gasteiger partial charge on any atom is -0.326 e. The molecule has 0 aliphatic rings. The predicted molar refractivity (Wildman–Crippen MR) is 102 cm³/mol. The third kappa shape index (κ3) is 4.05. The zero-order valence-corrected chi connectivity index (χ0v) is 14.1. The highest BCUT2D eigenvalue weighted by molar-refractivity contribution is 6.44. The lowest BCUT2D eigenvalue weighted by Gasteiger charge is -2.09. The van der Waals surface area contributed by atoms with Gasteiger partial charge in [-0.15, -0.1) is 0 Å². The molecule has 0 radical (unpaired) electrons. The van der Waals surface area contributed by atoms with Crippen molar-refractivity contribution in [1.82, 2.24) is 0 Å². The molecule has 6 heteroatoms. The molecule has 0 atom stereocenters. The van der Waals surface area contributed by atoms with Gasteiger partial charge in [0.05, 0.1) is 0 Å². The summed E-state index contributed by atoms with van der Waals surface area (Å²) < 4.78 is 0. The van der Waals surface area contributed by atoms with E-state index in [2.05, 4.69) is 16.0 Å². The number of hydrogen-bond donors (Lipinski definition) is 3. The average molecular weight is 347 g/mol. The molecule has 130 valence electrons. The van der Waals surface area contributed by atoms with Crippen molar-refractivity contribution < 1.29 is 14.4 Å². The maximum atomic E-state index is 12.2. The van der Waals surface area contributed by atoms with Gasteiger partial charge in [0.1, 0.15) is 0 Å². The molecular formula is C20H17N3O3. The lowest BCUT2D eigenvalue weighted by atomic mass is 10.1. The van der Waals surface area contributed by atoms with Gasteiger partial charge in [-0.25, -0.2) is 0 Å². The first-order valence-corrected chi connectivity index (χ1v) is 8.01. The van der Waals surface area contributed by atoms with Crippen LogP contribution >= 0.6 is 0 Å². The monoisotopic (exact) mass is 347 g/mol. The Bertz CT molecular complexity index is 976. The predicted octanol–water partition coefficient (Wildman–Crippen LogP) is 3.38. The van der Waals surface area contributed by atoms with Gasteiger partial charge >= 0.3 is 11.8 Å². The highest BCUT2D eigenvalue weighted by Crippen LogP contribution is 2.23. The Balaban J connectivity index is 1.68. The average Bonchev–Trinajstić information content (AvgIpc) is 2.63. The summed E-state index contributed by atoms with van der Waals surface area (Å²) in [6, 6.07) is 19.6. The standard InChI is InChI=1S/C20H17N3O3/c1-13(24)21-15-9-11-16(12-10-15)22-19(25)20(26)23-18-8-4-6-14-5-2-3-7-17(14)18/h2-12H,1H3,(H,21,24)(H,22,25)(H,23,26). The summed E-state index contributed by atoms with van der Waals surface area (Å²) >= 11 is 0. The lowest BCUT2D eigenvalue weighted by Crippen LogP contribution is -2.29. The molecule has 0 fully saturated rings. The minimum absolute atomic E-state index is 0.184. The van der Waals surface area contributed by atoms with Crippen molar-refractivity contribution in [2.75, 3.05) is 16.0 Å². The fourth-order valence-electron chi connectivity index (χ4n) is 2.54. The summed E-state index contributed by atoms with van der Waals surface area (Å²) in [7, 11) is 0. The summed E-state index contributed by atoms with van der Waals surface area (Å²) in [4.78, 5) is 35.3. The Labute approximate surface area is 150 Å². The van der Waals surface area contributed by atoms with E-state index in [0.717, 1.165) is 10.8 Å². The van der Waals surface area contributed by atoms with E-state index in [-0.39, 0.29) is 5.91 Å². The molecule has 0 saturated heterocycles. The number of hydrogen-bond acceptors (Lipinski definition) is 3. The Morgan fingerprint density at radius 1 is 0.654 bits per heavy atom. The molecule has 0 bridgehead atoms. The lowest BCUT2D eigenvalue weighted by molar-refractivity contribution is -0.132. The van der Waals surface area contributed by atoms with E-state index in [9.17, 15) is 14.4 Å². The van der Waals surface area contributed by atoms with Crippen LogP contribution in [0.1, 0.15) is 6.92 Å². The van der Waals surface area contributed by atoms with E-state index in [1.165, 1.54) is 6.92 Å². The Morgan fingerprint density at radius 3 is 1.92 bits per heavy atom. The van der Waals surface area contributed by atoms with Crippen LogP contribution in [0.3, 0.4) is 0 Å². The molecule has 0 aromatic heterocycles. The largest absolute Gasteiger partial charge is 0.326 e. The van der Waals surface area contributed by atoms with Crippen LogP contribution in [0.25, 0.3) is 10.8 Å². The molecule has 26 heavy (non-hydrogen) atoms. The summed E-state index contributed by atoms with van der Waals surface area (Å²) in [5, 5.41) is 9.62. The first kappa shape index (κ1) is 17.2. The van der Waals surface area contributed by atoms with E-state index in [4.69, 9.17) is 0 Å². The fraction of sp³-hybridized carbons (Fsp3) is 0.0500. The van der Waals surface area contributed by atoms with Crippen LogP contribution in [-0.4, -0.2) is 17.7 Å². The second-order valence-corrected chi connectivity index (χ2v) is 5.69. The number of carbonyl (C=O) groups excluding carboxylic acids is 3. The molecule has 3 rings (SSSR count). The number of fused-ring (bicyclic) bond motifs is 1. The van der Waals surface area contributed by atoms with E-state index >= 15 is 0 Å². The molecule has 6 nitrogen and oxygen atoms in total. The number of benzene rings is 3. The van der Waals surface area contributed by atoms with Crippen molar-refractivity contribution in [1.29, 1.82) is 0 Å². The smallest absolute Gasteiger partial charge is 0.314 e. The molecule has 3 aromatic rings. The topological polar surface area (TPSA) is 87.3 Å². The molecule has 0 unspecified atom stereocenters. The number of rotatable bonds is 3. The van der Waals surface area contributed by atoms with Gasteiger partial charge in [0.15, 0.2) is 0 Å². The molecule has 0 heterocycles. The maximum Gasteiger partial charge on any atom is 0.314 e. The van der Waals surface area contributed by atoms with Crippen LogP contribution < -0.4 is 16.0 Å². The van der Waals surface area contributed by atoms with Crippen molar-refractivity contribution in [3.05, 3.63) is 66.7 Å². The number of nitrogens with one attached hydrogen (secondary N) is 3. The maximum absolute atomic E-state index is 12.2. The Hall–Kier alpha value is -3.67. The summed E-state index contributed by atoms with van der Waals surface area (Å²) in [6.45, 7) is 1.41. The SMILES string of the molecule is CC(=O)Nc1ccc(NC(=O)C(=O)Nc2cccc3ccccc23)cc1. The molecule has 3 N–H and O–H groups in total. The van der Waals surface area contributed by atoms with Crippen molar-refractivity contribution >= 4 is 45.6 Å². The van der Waals surface area contributed by atoms with Crippen molar-refractivity contribution in [3.8, 4) is 0 Å². The van der Waals surface area contributed by atoms with Gasteiger partial charge in [-0.2, -0.15) is 0 Å². The quantitative estimate of drug-likeness (QED) is 0.635. The van der Waals surface area contributed by atoms with E-state index < -0.39 is 11.8 Å². The van der Waals surface area contributed by atoms with Crippen molar-refractivity contribution in [3.63, 3.8) is 0 Å². The van der Waals surface area contributed by atoms with Gasteiger partial charge in [-0.1, -0.05) is 36.4 Å². The highest BCUT2D eigenvalue weighted by Gasteiger charge is 2.15. The summed E-state index contributed by atoms with van der Waals surface area (Å²) in [6.07, 6.45) is 0.